The van der Waals surface area contributed by atoms with Crippen molar-refractivity contribution in [1.29, 1.82) is 0 Å². The SMILES string of the molecule is CC(C)Cc1c(C(=O)OC(C)(C)C)ccc2c1cnn2-c1ncnc(N)c1Cl. The molecule has 0 aliphatic heterocycles. The van der Waals surface area contributed by atoms with Crippen molar-refractivity contribution in [2.24, 2.45) is 5.92 Å². The van der Waals surface area contributed by atoms with Gasteiger partial charge in [-0.25, -0.2) is 19.4 Å². The molecule has 0 saturated carbocycles. The van der Waals surface area contributed by atoms with Gasteiger partial charge in [-0.2, -0.15) is 5.10 Å². The second kappa shape index (κ2) is 7.39. The predicted octanol–water partition coefficient (Wildman–Crippen LogP) is 4.20. The van der Waals surface area contributed by atoms with Crippen molar-refractivity contribution in [2.45, 2.75) is 46.6 Å². The third-order valence-electron chi connectivity index (χ3n) is 4.09. The second-order valence-electron chi connectivity index (χ2n) is 8.08. The Labute approximate surface area is 168 Å². The number of esters is 1. The topological polar surface area (TPSA) is 95.9 Å². The fourth-order valence-electron chi connectivity index (χ4n) is 3.00. The monoisotopic (exact) mass is 401 g/mol. The minimum atomic E-state index is -0.572. The molecule has 0 aliphatic rings. The first-order chi connectivity index (χ1) is 13.1. The van der Waals surface area contributed by atoms with Crippen molar-refractivity contribution >= 4 is 34.3 Å². The highest BCUT2D eigenvalue weighted by Gasteiger charge is 2.24. The van der Waals surface area contributed by atoms with Gasteiger partial charge in [-0.15, -0.1) is 0 Å². The zero-order chi connectivity index (χ0) is 20.6. The van der Waals surface area contributed by atoms with Crippen LogP contribution in [0.2, 0.25) is 5.02 Å². The summed E-state index contributed by atoms with van der Waals surface area (Å²) in [6.07, 6.45) is 3.76. The largest absolute Gasteiger partial charge is 0.456 e. The van der Waals surface area contributed by atoms with Gasteiger partial charge < -0.3 is 10.5 Å². The number of benzene rings is 1. The molecule has 0 bridgehead atoms. The highest BCUT2D eigenvalue weighted by Crippen LogP contribution is 2.30. The Morgan fingerprint density at radius 2 is 2.00 bits per heavy atom. The molecule has 2 heterocycles. The minimum Gasteiger partial charge on any atom is -0.456 e. The summed E-state index contributed by atoms with van der Waals surface area (Å²) in [6.45, 7) is 9.76. The molecule has 0 fully saturated rings. The Morgan fingerprint density at radius 3 is 2.64 bits per heavy atom. The first-order valence-electron chi connectivity index (χ1n) is 9.07. The van der Waals surface area contributed by atoms with E-state index in [-0.39, 0.29) is 16.8 Å². The fourth-order valence-corrected chi connectivity index (χ4v) is 3.18. The number of fused-ring (bicyclic) bond motifs is 1. The predicted molar refractivity (Wildman–Crippen MR) is 110 cm³/mol. The number of carbonyl (C=O) groups is 1. The average molecular weight is 402 g/mol. The molecule has 3 rings (SSSR count). The second-order valence-corrected chi connectivity index (χ2v) is 8.46. The van der Waals surface area contributed by atoms with E-state index in [1.54, 1.807) is 16.9 Å². The van der Waals surface area contributed by atoms with E-state index in [2.05, 4.69) is 28.9 Å². The van der Waals surface area contributed by atoms with Gasteiger partial charge in [-0.1, -0.05) is 25.4 Å². The number of nitrogens with two attached hydrogens (primary N) is 1. The number of rotatable bonds is 4. The molecule has 148 valence electrons. The summed E-state index contributed by atoms with van der Waals surface area (Å²) < 4.78 is 7.21. The molecule has 2 N–H and O–H groups in total. The molecule has 7 nitrogen and oxygen atoms in total. The molecular formula is C20H24ClN5O2. The van der Waals surface area contributed by atoms with Crippen molar-refractivity contribution in [3.05, 3.63) is 40.8 Å². The van der Waals surface area contributed by atoms with Gasteiger partial charge in [0.15, 0.2) is 5.82 Å². The fraction of sp³-hybridized carbons (Fsp3) is 0.400. The number of halogens is 1. The van der Waals surface area contributed by atoms with Gasteiger partial charge in [-0.05, 0) is 50.8 Å². The molecule has 0 unspecified atom stereocenters. The normalized spacial score (nSPS) is 12.0. The Bertz CT molecular complexity index is 1040. The number of nitrogen functional groups attached to an aromatic ring is 1. The van der Waals surface area contributed by atoms with E-state index >= 15 is 0 Å². The zero-order valence-electron chi connectivity index (χ0n) is 16.7. The maximum atomic E-state index is 12.8. The van der Waals surface area contributed by atoms with Crippen LogP contribution >= 0.6 is 11.6 Å². The highest BCUT2D eigenvalue weighted by atomic mass is 35.5. The summed E-state index contributed by atoms with van der Waals surface area (Å²) in [7, 11) is 0. The third-order valence-corrected chi connectivity index (χ3v) is 4.46. The molecule has 0 spiro atoms. The van der Waals surface area contributed by atoms with Crippen LogP contribution in [0.3, 0.4) is 0 Å². The first-order valence-corrected chi connectivity index (χ1v) is 9.45. The molecule has 1 aromatic carbocycles. The van der Waals surface area contributed by atoms with E-state index in [0.29, 0.717) is 23.7 Å². The minimum absolute atomic E-state index is 0.183. The van der Waals surface area contributed by atoms with Crippen LogP contribution in [0.25, 0.3) is 16.7 Å². The number of aromatic nitrogens is 4. The van der Waals surface area contributed by atoms with Crippen LogP contribution in [0.5, 0.6) is 0 Å². The third kappa shape index (κ3) is 3.94. The van der Waals surface area contributed by atoms with Gasteiger partial charge >= 0.3 is 5.97 Å². The van der Waals surface area contributed by atoms with Crippen LogP contribution in [-0.2, 0) is 11.2 Å². The van der Waals surface area contributed by atoms with Gasteiger partial charge in [0.2, 0.25) is 0 Å². The van der Waals surface area contributed by atoms with E-state index in [1.165, 1.54) is 6.33 Å². The van der Waals surface area contributed by atoms with Gasteiger partial charge in [0, 0.05) is 5.39 Å². The van der Waals surface area contributed by atoms with Crippen molar-refractivity contribution in [3.8, 4) is 5.82 Å². The summed E-state index contributed by atoms with van der Waals surface area (Å²) >= 11 is 6.28. The van der Waals surface area contributed by atoms with Crippen molar-refractivity contribution in [1.82, 2.24) is 19.7 Å². The highest BCUT2D eigenvalue weighted by molar-refractivity contribution is 6.34. The maximum Gasteiger partial charge on any atom is 0.338 e. The molecular weight excluding hydrogens is 378 g/mol. The summed E-state index contributed by atoms with van der Waals surface area (Å²) in [6, 6.07) is 3.59. The first kappa shape index (κ1) is 20.1. The molecule has 0 radical (unpaired) electrons. The molecule has 28 heavy (non-hydrogen) atoms. The zero-order valence-corrected chi connectivity index (χ0v) is 17.4. The standard InChI is InChI=1S/C20H24ClN5O2/c1-11(2)8-13-12(19(27)28-20(3,4)5)6-7-15-14(13)9-25-26(15)18-16(21)17(22)23-10-24-18/h6-7,9-11H,8H2,1-5H3,(H2,22,23,24). The molecule has 0 aliphatic carbocycles. The molecule has 3 aromatic rings. The van der Waals surface area contributed by atoms with Crippen LogP contribution in [-0.4, -0.2) is 31.3 Å². The average Bonchev–Trinajstić information content (AvgIpc) is 3.00. The molecule has 2 aromatic heterocycles. The molecule has 0 atom stereocenters. The van der Waals surface area contributed by atoms with Gasteiger partial charge in [0.25, 0.3) is 0 Å². The van der Waals surface area contributed by atoms with Crippen LogP contribution in [0.1, 0.15) is 50.5 Å². The van der Waals surface area contributed by atoms with E-state index < -0.39 is 5.60 Å². The quantitative estimate of drug-likeness (QED) is 0.658. The number of carbonyl (C=O) groups excluding carboxylic acids is 1. The lowest BCUT2D eigenvalue weighted by molar-refractivity contribution is 0.00684. The number of ether oxygens (including phenoxy) is 1. The number of nitrogens with zero attached hydrogens (tertiary/aromatic N) is 4. The van der Waals surface area contributed by atoms with E-state index in [9.17, 15) is 4.79 Å². The number of hydrogen-bond acceptors (Lipinski definition) is 6. The summed E-state index contributed by atoms with van der Waals surface area (Å²) in [4.78, 5) is 20.9. The van der Waals surface area contributed by atoms with Gasteiger partial charge in [0.1, 0.15) is 22.8 Å². The van der Waals surface area contributed by atoms with Gasteiger partial charge in [-0.3, -0.25) is 0 Å². The lowest BCUT2D eigenvalue weighted by Crippen LogP contribution is -2.24. The Morgan fingerprint density at radius 1 is 1.29 bits per heavy atom. The summed E-state index contributed by atoms with van der Waals surface area (Å²) in [5, 5.41) is 5.53. The van der Waals surface area contributed by atoms with Crippen molar-refractivity contribution in [2.75, 3.05) is 5.73 Å². The summed E-state index contributed by atoms with van der Waals surface area (Å²) in [5.74, 6) is 0.573. The maximum absolute atomic E-state index is 12.8. The Hall–Kier alpha value is -2.67. The van der Waals surface area contributed by atoms with Crippen molar-refractivity contribution in [3.63, 3.8) is 0 Å². The van der Waals surface area contributed by atoms with Gasteiger partial charge in [0.05, 0.1) is 17.3 Å². The van der Waals surface area contributed by atoms with Crippen molar-refractivity contribution < 1.29 is 9.53 Å². The van der Waals surface area contributed by atoms with E-state index in [0.717, 1.165) is 16.5 Å². The van der Waals surface area contributed by atoms with E-state index in [4.69, 9.17) is 22.1 Å². The smallest absolute Gasteiger partial charge is 0.338 e. The lowest BCUT2D eigenvalue weighted by Gasteiger charge is -2.21. The number of hydrogen-bond donors (Lipinski definition) is 1. The van der Waals surface area contributed by atoms with Crippen LogP contribution in [0.4, 0.5) is 5.82 Å². The summed E-state index contributed by atoms with van der Waals surface area (Å²) in [5.41, 5.74) is 7.45. The molecule has 0 amide bonds. The van der Waals surface area contributed by atoms with E-state index in [1.807, 2.05) is 26.8 Å². The Kier molecular flexibility index (Phi) is 5.30. The lowest BCUT2D eigenvalue weighted by atomic mass is 9.94. The Balaban J connectivity index is 2.19. The molecule has 0 saturated heterocycles. The molecule has 8 heteroatoms. The number of anilines is 1. The van der Waals surface area contributed by atoms with Crippen LogP contribution in [0, 0.1) is 5.92 Å². The van der Waals surface area contributed by atoms with Crippen LogP contribution in [0.15, 0.2) is 24.7 Å². The van der Waals surface area contributed by atoms with Crippen LogP contribution < -0.4 is 5.73 Å².